The maximum atomic E-state index is 12.7. The molecule has 0 aliphatic carbocycles. The Balaban J connectivity index is 2.63. The number of rotatable bonds is 1. The fourth-order valence-corrected chi connectivity index (χ4v) is 1.60. The van der Waals surface area contributed by atoms with E-state index < -0.39 is 11.7 Å². The molecule has 0 saturated heterocycles. The van der Waals surface area contributed by atoms with Gasteiger partial charge in [0.1, 0.15) is 0 Å². The Hall–Kier alpha value is -1.37. The van der Waals surface area contributed by atoms with Crippen LogP contribution in [0.3, 0.4) is 0 Å². The highest BCUT2D eigenvalue weighted by molar-refractivity contribution is 9.10. The van der Waals surface area contributed by atoms with Gasteiger partial charge in [-0.1, -0.05) is 21.1 Å². The molecule has 1 aromatic heterocycles. The monoisotopic (exact) mass is 292 g/mol. The van der Waals surface area contributed by atoms with E-state index in [1.807, 2.05) is 0 Å². The lowest BCUT2D eigenvalue weighted by atomic mass is 10.1. The van der Waals surface area contributed by atoms with Crippen molar-refractivity contribution < 1.29 is 17.7 Å². The zero-order valence-corrected chi connectivity index (χ0v) is 9.21. The van der Waals surface area contributed by atoms with Gasteiger partial charge in [-0.2, -0.15) is 18.2 Å². The van der Waals surface area contributed by atoms with Crippen LogP contribution in [0.15, 0.2) is 33.6 Å². The van der Waals surface area contributed by atoms with Crippen LogP contribution in [0.2, 0.25) is 0 Å². The first-order chi connectivity index (χ1) is 7.48. The largest absolute Gasteiger partial charge is 0.417 e. The van der Waals surface area contributed by atoms with Gasteiger partial charge in [0.05, 0.1) is 5.56 Å². The summed E-state index contributed by atoms with van der Waals surface area (Å²) < 4.78 is 43.0. The highest BCUT2D eigenvalue weighted by Gasteiger charge is 2.34. The van der Waals surface area contributed by atoms with Crippen molar-refractivity contribution in [3.63, 3.8) is 0 Å². The quantitative estimate of drug-likeness (QED) is 0.807. The van der Waals surface area contributed by atoms with Gasteiger partial charge in [0.15, 0.2) is 0 Å². The van der Waals surface area contributed by atoms with Crippen LogP contribution < -0.4 is 0 Å². The standard InChI is InChI=1S/C9H4BrF3N2O/c10-5-1-2-7(9(11,12)13)6(3-5)8-14-4-16-15-8/h1-4H. The average molecular weight is 293 g/mol. The third-order valence-corrected chi connectivity index (χ3v) is 2.38. The fourth-order valence-electron chi connectivity index (χ4n) is 1.24. The van der Waals surface area contributed by atoms with Crippen molar-refractivity contribution in [2.24, 2.45) is 0 Å². The van der Waals surface area contributed by atoms with Gasteiger partial charge in [-0.25, -0.2) is 0 Å². The Bertz CT molecular complexity index is 496. The van der Waals surface area contributed by atoms with Crippen LogP contribution in [-0.4, -0.2) is 10.1 Å². The van der Waals surface area contributed by atoms with Gasteiger partial charge >= 0.3 is 6.18 Å². The van der Waals surface area contributed by atoms with Gasteiger partial charge in [0.25, 0.3) is 0 Å². The second kappa shape index (κ2) is 3.89. The molecule has 0 spiro atoms. The van der Waals surface area contributed by atoms with E-state index in [1.165, 1.54) is 12.1 Å². The van der Waals surface area contributed by atoms with E-state index in [-0.39, 0.29) is 11.4 Å². The molecule has 0 amide bonds. The van der Waals surface area contributed by atoms with E-state index in [0.29, 0.717) is 4.47 Å². The number of hydrogen-bond acceptors (Lipinski definition) is 3. The zero-order chi connectivity index (χ0) is 11.8. The van der Waals surface area contributed by atoms with Gasteiger partial charge < -0.3 is 4.52 Å². The van der Waals surface area contributed by atoms with Crippen LogP contribution in [0.1, 0.15) is 5.56 Å². The van der Waals surface area contributed by atoms with Crippen LogP contribution >= 0.6 is 15.9 Å². The highest BCUT2D eigenvalue weighted by Crippen LogP contribution is 2.37. The minimum atomic E-state index is -4.45. The molecule has 3 nitrogen and oxygen atoms in total. The number of benzene rings is 1. The minimum absolute atomic E-state index is 0.0892. The maximum absolute atomic E-state index is 12.7. The molecular weight excluding hydrogens is 289 g/mol. The van der Waals surface area contributed by atoms with Crippen molar-refractivity contribution >= 4 is 15.9 Å². The Kier molecular flexibility index (Phi) is 2.71. The van der Waals surface area contributed by atoms with Gasteiger partial charge in [-0.15, -0.1) is 0 Å². The molecule has 1 heterocycles. The second-order valence-corrected chi connectivity index (χ2v) is 3.86. The summed E-state index contributed by atoms with van der Waals surface area (Å²) in [6.45, 7) is 0. The van der Waals surface area contributed by atoms with Crippen molar-refractivity contribution in [2.75, 3.05) is 0 Å². The van der Waals surface area contributed by atoms with Gasteiger partial charge in [-0.05, 0) is 18.2 Å². The Morgan fingerprint density at radius 1 is 1.25 bits per heavy atom. The number of alkyl halides is 3. The van der Waals surface area contributed by atoms with Crippen molar-refractivity contribution in [1.29, 1.82) is 0 Å². The van der Waals surface area contributed by atoms with Crippen molar-refractivity contribution in [3.05, 3.63) is 34.6 Å². The molecule has 0 unspecified atom stereocenters. The molecule has 0 N–H and O–H groups in total. The van der Waals surface area contributed by atoms with Gasteiger partial charge in [-0.3, -0.25) is 0 Å². The highest BCUT2D eigenvalue weighted by atomic mass is 79.9. The van der Waals surface area contributed by atoms with Crippen LogP contribution in [0, 0.1) is 0 Å². The summed E-state index contributed by atoms with van der Waals surface area (Å²) in [6.07, 6.45) is -3.47. The molecule has 0 aliphatic rings. The SMILES string of the molecule is FC(F)(F)c1ccc(Br)cc1-c1ncon1. The van der Waals surface area contributed by atoms with E-state index in [0.717, 1.165) is 12.5 Å². The summed E-state index contributed by atoms with van der Waals surface area (Å²) in [5.74, 6) is -0.0892. The van der Waals surface area contributed by atoms with Crippen LogP contribution in [0.4, 0.5) is 13.2 Å². The average Bonchev–Trinajstić information content (AvgIpc) is 2.68. The van der Waals surface area contributed by atoms with Crippen molar-refractivity contribution in [2.45, 2.75) is 6.18 Å². The number of nitrogens with zero attached hydrogens (tertiary/aromatic N) is 2. The molecule has 2 aromatic rings. The molecule has 0 aliphatic heterocycles. The summed E-state index contributed by atoms with van der Waals surface area (Å²) in [5.41, 5.74) is -0.910. The Morgan fingerprint density at radius 3 is 2.56 bits per heavy atom. The minimum Gasteiger partial charge on any atom is -0.342 e. The summed E-state index contributed by atoms with van der Waals surface area (Å²) in [6, 6.07) is 3.58. The molecule has 0 radical (unpaired) electrons. The molecule has 84 valence electrons. The smallest absolute Gasteiger partial charge is 0.342 e. The van der Waals surface area contributed by atoms with Crippen LogP contribution in [0.25, 0.3) is 11.4 Å². The molecule has 16 heavy (non-hydrogen) atoms. The third-order valence-electron chi connectivity index (χ3n) is 1.89. The van der Waals surface area contributed by atoms with Gasteiger partial charge in [0.2, 0.25) is 12.2 Å². The first kappa shape index (κ1) is 11.1. The van der Waals surface area contributed by atoms with E-state index in [4.69, 9.17) is 0 Å². The molecule has 0 bridgehead atoms. The lowest BCUT2D eigenvalue weighted by Gasteiger charge is -2.10. The van der Waals surface area contributed by atoms with E-state index in [9.17, 15) is 13.2 Å². The normalized spacial score (nSPS) is 11.8. The topological polar surface area (TPSA) is 38.9 Å². The van der Waals surface area contributed by atoms with E-state index in [1.54, 1.807) is 0 Å². The predicted octanol–water partition coefficient (Wildman–Crippen LogP) is 3.52. The predicted molar refractivity (Wildman–Crippen MR) is 52.4 cm³/mol. The van der Waals surface area contributed by atoms with Crippen LogP contribution in [0.5, 0.6) is 0 Å². The lowest BCUT2D eigenvalue weighted by Crippen LogP contribution is -2.07. The number of aromatic nitrogens is 2. The number of halogens is 4. The Morgan fingerprint density at radius 2 is 2.00 bits per heavy atom. The fraction of sp³-hybridized carbons (Fsp3) is 0.111. The third kappa shape index (κ3) is 2.08. The second-order valence-electron chi connectivity index (χ2n) is 2.94. The van der Waals surface area contributed by atoms with Crippen molar-refractivity contribution in [3.8, 4) is 11.4 Å². The summed E-state index contributed by atoms with van der Waals surface area (Å²) in [4.78, 5) is 3.60. The van der Waals surface area contributed by atoms with E-state index in [2.05, 4.69) is 30.6 Å². The van der Waals surface area contributed by atoms with Crippen molar-refractivity contribution in [1.82, 2.24) is 10.1 Å². The van der Waals surface area contributed by atoms with E-state index >= 15 is 0 Å². The van der Waals surface area contributed by atoms with Gasteiger partial charge in [0, 0.05) is 10.0 Å². The molecule has 1 aromatic carbocycles. The van der Waals surface area contributed by atoms with Crippen LogP contribution in [-0.2, 0) is 6.18 Å². The molecular formula is C9H4BrF3N2O. The molecule has 0 saturated carbocycles. The lowest BCUT2D eigenvalue weighted by molar-refractivity contribution is -0.137. The number of hydrogen-bond donors (Lipinski definition) is 0. The first-order valence-electron chi connectivity index (χ1n) is 4.12. The summed E-state index contributed by atoms with van der Waals surface area (Å²) in [5, 5.41) is 3.39. The molecule has 0 atom stereocenters. The first-order valence-corrected chi connectivity index (χ1v) is 4.91. The maximum Gasteiger partial charge on any atom is 0.417 e. The molecule has 0 fully saturated rings. The molecule has 7 heteroatoms. The molecule has 2 rings (SSSR count). The Labute approximate surface area is 96.4 Å². The summed E-state index contributed by atoms with van der Waals surface area (Å²) in [7, 11) is 0. The zero-order valence-electron chi connectivity index (χ0n) is 7.62. The summed E-state index contributed by atoms with van der Waals surface area (Å²) >= 11 is 3.10.